The van der Waals surface area contributed by atoms with Crippen molar-refractivity contribution in [1.29, 1.82) is 5.26 Å². The van der Waals surface area contributed by atoms with Gasteiger partial charge in [-0.25, -0.2) is 13.6 Å². The normalized spacial score (nSPS) is 12.0. The molecule has 0 fully saturated rings. The van der Waals surface area contributed by atoms with Crippen LogP contribution in [0.5, 0.6) is 5.75 Å². The predicted molar refractivity (Wildman–Crippen MR) is 68.5 cm³/mol. The lowest BCUT2D eigenvalue weighted by atomic mass is 10.1. The lowest BCUT2D eigenvalue weighted by Crippen LogP contribution is -2.33. The third-order valence-corrected chi connectivity index (χ3v) is 2.48. The summed E-state index contributed by atoms with van der Waals surface area (Å²) in [6, 6.07) is 7.59. The molecule has 0 N–H and O–H groups in total. The third kappa shape index (κ3) is 4.77. The van der Waals surface area contributed by atoms with Crippen LogP contribution in [0.4, 0.5) is 17.6 Å². The summed E-state index contributed by atoms with van der Waals surface area (Å²) >= 11 is 0. The number of hydrogen-bond acceptors (Lipinski definition) is 4. The van der Waals surface area contributed by atoms with Gasteiger partial charge in [0.05, 0.1) is 7.11 Å². The largest absolute Gasteiger partial charge is 0.497 e. The van der Waals surface area contributed by atoms with E-state index < -0.39 is 30.5 Å². The Labute approximate surface area is 123 Å². The molecule has 0 amide bonds. The molecule has 8 heteroatoms. The van der Waals surface area contributed by atoms with E-state index in [1.165, 1.54) is 25.3 Å². The zero-order valence-electron chi connectivity index (χ0n) is 11.4. The maximum absolute atomic E-state index is 12.6. The molecular formula is C14H11F4NO3. The predicted octanol–water partition coefficient (Wildman–Crippen LogP) is 3.05. The number of hydrogen-bond donors (Lipinski definition) is 0. The van der Waals surface area contributed by atoms with Gasteiger partial charge in [-0.1, -0.05) is 12.1 Å². The lowest BCUT2D eigenvalue weighted by molar-refractivity contribution is -0.176. The van der Waals surface area contributed by atoms with Crippen LogP contribution < -0.4 is 4.74 Å². The number of alkyl halides is 4. The van der Waals surface area contributed by atoms with Crippen LogP contribution in [0.25, 0.3) is 6.08 Å². The smallest absolute Gasteiger partial charge is 0.349 e. The van der Waals surface area contributed by atoms with Crippen LogP contribution in [0.3, 0.4) is 0 Å². The molecule has 4 nitrogen and oxygen atoms in total. The number of carbonyl (C=O) groups excluding carboxylic acids is 1. The van der Waals surface area contributed by atoms with Crippen LogP contribution >= 0.6 is 0 Å². The minimum Gasteiger partial charge on any atom is -0.497 e. The van der Waals surface area contributed by atoms with E-state index in [0.717, 1.165) is 6.08 Å². The number of nitrogens with zero attached hydrogens (tertiary/aromatic N) is 1. The van der Waals surface area contributed by atoms with Gasteiger partial charge in [-0.3, -0.25) is 0 Å². The highest BCUT2D eigenvalue weighted by atomic mass is 19.3. The zero-order chi connectivity index (χ0) is 16.8. The van der Waals surface area contributed by atoms with E-state index >= 15 is 0 Å². The first kappa shape index (κ1) is 17.5. The second-order valence-electron chi connectivity index (χ2n) is 4.08. The molecule has 0 radical (unpaired) electrons. The standard InChI is InChI=1S/C14H11F4NO3/c1-21-11-4-2-9(3-5-11)6-10(7-19)12(20)22-8-14(17,18)13(15)16/h2-6,13H,8H2,1H3/b10-6-. The number of halogens is 4. The van der Waals surface area contributed by atoms with Gasteiger partial charge in [-0.05, 0) is 23.8 Å². The monoisotopic (exact) mass is 317 g/mol. The Morgan fingerprint density at radius 2 is 1.95 bits per heavy atom. The molecule has 0 saturated carbocycles. The fourth-order valence-corrected chi connectivity index (χ4v) is 1.31. The molecule has 0 bridgehead atoms. The molecule has 0 aliphatic heterocycles. The number of esters is 1. The molecule has 22 heavy (non-hydrogen) atoms. The Morgan fingerprint density at radius 1 is 1.36 bits per heavy atom. The molecule has 0 aromatic heterocycles. The summed E-state index contributed by atoms with van der Waals surface area (Å²) in [4.78, 5) is 11.5. The summed E-state index contributed by atoms with van der Waals surface area (Å²) < 4.78 is 58.1. The molecule has 1 aromatic carbocycles. The van der Waals surface area contributed by atoms with Gasteiger partial charge in [0, 0.05) is 0 Å². The van der Waals surface area contributed by atoms with Crippen LogP contribution in [-0.4, -0.2) is 32.0 Å². The van der Waals surface area contributed by atoms with Gasteiger partial charge in [-0.15, -0.1) is 0 Å². The van der Waals surface area contributed by atoms with Crippen LogP contribution in [0.2, 0.25) is 0 Å². The van der Waals surface area contributed by atoms with E-state index in [0.29, 0.717) is 11.3 Å². The summed E-state index contributed by atoms with van der Waals surface area (Å²) in [6.45, 7) is -1.80. The van der Waals surface area contributed by atoms with E-state index in [2.05, 4.69) is 4.74 Å². The zero-order valence-corrected chi connectivity index (χ0v) is 11.4. The van der Waals surface area contributed by atoms with E-state index in [-0.39, 0.29) is 0 Å². The first-order valence-corrected chi connectivity index (χ1v) is 5.89. The van der Waals surface area contributed by atoms with Crippen LogP contribution in [-0.2, 0) is 9.53 Å². The van der Waals surface area contributed by atoms with E-state index in [1.54, 1.807) is 12.1 Å². The lowest BCUT2D eigenvalue weighted by Gasteiger charge is -2.14. The van der Waals surface area contributed by atoms with Crippen molar-refractivity contribution >= 4 is 12.0 Å². The van der Waals surface area contributed by atoms with E-state index in [4.69, 9.17) is 10.00 Å². The topological polar surface area (TPSA) is 59.3 Å². The number of carbonyl (C=O) groups is 1. The summed E-state index contributed by atoms with van der Waals surface area (Å²) in [5.74, 6) is -5.33. The maximum atomic E-state index is 12.6. The molecule has 1 rings (SSSR count). The highest BCUT2D eigenvalue weighted by Crippen LogP contribution is 2.23. The molecule has 0 unspecified atom stereocenters. The number of nitriles is 1. The van der Waals surface area contributed by atoms with Gasteiger partial charge in [0.2, 0.25) is 0 Å². The minimum absolute atomic E-state index is 0.412. The molecule has 0 heterocycles. The fraction of sp³-hybridized carbons (Fsp3) is 0.286. The number of methoxy groups -OCH3 is 1. The summed E-state index contributed by atoms with van der Waals surface area (Å²) in [6.07, 6.45) is -2.88. The van der Waals surface area contributed by atoms with Crippen LogP contribution in [0, 0.1) is 11.3 Å². The molecule has 0 saturated heterocycles. The van der Waals surface area contributed by atoms with Crippen molar-refractivity contribution in [2.45, 2.75) is 12.3 Å². The molecule has 1 aromatic rings. The highest BCUT2D eigenvalue weighted by molar-refractivity contribution is 5.97. The Morgan fingerprint density at radius 3 is 2.41 bits per heavy atom. The van der Waals surface area contributed by atoms with Gasteiger partial charge < -0.3 is 9.47 Å². The Hall–Kier alpha value is -2.56. The third-order valence-electron chi connectivity index (χ3n) is 2.48. The average Bonchev–Trinajstić information content (AvgIpc) is 2.50. The van der Waals surface area contributed by atoms with Crippen LogP contribution in [0.15, 0.2) is 29.8 Å². The SMILES string of the molecule is COc1ccc(/C=C(/C#N)C(=O)OCC(F)(F)C(F)F)cc1. The van der Waals surface area contributed by atoms with Gasteiger partial charge >= 0.3 is 18.3 Å². The van der Waals surface area contributed by atoms with Crippen molar-refractivity contribution in [3.05, 3.63) is 35.4 Å². The first-order valence-electron chi connectivity index (χ1n) is 5.89. The minimum atomic E-state index is -4.46. The second-order valence-corrected chi connectivity index (χ2v) is 4.08. The first-order chi connectivity index (χ1) is 10.3. The van der Waals surface area contributed by atoms with E-state index in [9.17, 15) is 22.4 Å². The van der Waals surface area contributed by atoms with Crippen molar-refractivity contribution < 1.29 is 31.8 Å². The quantitative estimate of drug-likeness (QED) is 0.350. The van der Waals surface area contributed by atoms with Crippen molar-refractivity contribution in [3.63, 3.8) is 0 Å². The van der Waals surface area contributed by atoms with Gasteiger partial charge in [0.25, 0.3) is 0 Å². The summed E-state index contributed by atoms with van der Waals surface area (Å²) in [5.41, 5.74) is -0.176. The van der Waals surface area contributed by atoms with Gasteiger partial charge in [-0.2, -0.15) is 14.0 Å². The second kappa shape index (κ2) is 7.45. The van der Waals surface area contributed by atoms with Crippen molar-refractivity contribution in [1.82, 2.24) is 0 Å². The summed E-state index contributed by atoms with van der Waals surface area (Å²) in [7, 11) is 1.45. The Bertz CT molecular complexity index is 591. The van der Waals surface area contributed by atoms with Gasteiger partial charge in [0.15, 0.2) is 6.61 Å². The van der Waals surface area contributed by atoms with Gasteiger partial charge in [0.1, 0.15) is 17.4 Å². The van der Waals surface area contributed by atoms with E-state index in [1.807, 2.05) is 0 Å². The molecule has 0 aliphatic carbocycles. The highest BCUT2D eigenvalue weighted by Gasteiger charge is 2.42. The molecular weight excluding hydrogens is 306 g/mol. The molecule has 0 atom stereocenters. The van der Waals surface area contributed by atoms with Crippen molar-refractivity contribution in [2.24, 2.45) is 0 Å². The van der Waals surface area contributed by atoms with Crippen LogP contribution in [0.1, 0.15) is 5.56 Å². The average molecular weight is 317 g/mol. The van der Waals surface area contributed by atoms with Crippen molar-refractivity contribution in [2.75, 3.05) is 13.7 Å². The Kier molecular flexibility index (Phi) is 5.92. The van der Waals surface area contributed by atoms with Crippen molar-refractivity contribution in [3.8, 4) is 11.8 Å². The molecule has 0 aliphatic rings. The Balaban J connectivity index is 2.80. The fourth-order valence-electron chi connectivity index (χ4n) is 1.31. The molecule has 0 spiro atoms. The maximum Gasteiger partial charge on any atom is 0.349 e. The molecule has 118 valence electrons. The number of rotatable bonds is 6. The summed E-state index contributed by atoms with van der Waals surface area (Å²) in [5, 5.41) is 8.82. The number of ether oxygens (including phenoxy) is 2. The number of benzene rings is 1.